The first kappa shape index (κ1) is 26.9. The van der Waals surface area contributed by atoms with Crippen LogP contribution in [0.25, 0.3) is 10.9 Å². The van der Waals surface area contributed by atoms with Crippen LogP contribution in [-0.2, 0) is 27.4 Å². The second-order valence-electron chi connectivity index (χ2n) is 8.67. The van der Waals surface area contributed by atoms with Gasteiger partial charge in [-0.3, -0.25) is 14.2 Å². The van der Waals surface area contributed by atoms with Crippen molar-refractivity contribution in [3.05, 3.63) is 100 Å². The maximum Gasteiger partial charge on any atom is 0.331 e. The van der Waals surface area contributed by atoms with Gasteiger partial charge in [0.05, 0.1) is 25.7 Å². The van der Waals surface area contributed by atoms with Gasteiger partial charge >= 0.3 is 5.97 Å². The summed E-state index contributed by atoms with van der Waals surface area (Å²) >= 11 is 5.98. The number of methoxy groups -OCH3 is 1. The number of carbonyl (C=O) groups excluding carboxylic acids is 3. The first-order valence-electron chi connectivity index (χ1n) is 11.9. The Morgan fingerprint density at radius 2 is 1.74 bits per heavy atom. The minimum Gasteiger partial charge on any atom is -0.497 e. The van der Waals surface area contributed by atoms with E-state index in [0.29, 0.717) is 38.5 Å². The van der Waals surface area contributed by atoms with Gasteiger partial charge in [-0.15, -0.1) is 0 Å². The molecule has 0 fully saturated rings. The zero-order valence-corrected chi connectivity index (χ0v) is 21.7. The summed E-state index contributed by atoms with van der Waals surface area (Å²) in [6.07, 6.45) is -0.140. The highest BCUT2D eigenvalue weighted by Crippen LogP contribution is 2.31. The van der Waals surface area contributed by atoms with Crippen molar-refractivity contribution in [1.82, 2.24) is 9.88 Å². The minimum atomic E-state index is -1.23. The second-order valence-corrected chi connectivity index (χ2v) is 9.10. The van der Waals surface area contributed by atoms with Gasteiger partial charge in [-0.05, 0) is 60.5 Å². The number of halogens is 1. The smallest absolute Gasteiger partial charge is 0.331 e. The van der Waals surface area contributed by atoms with Crippen LogP contribution < -0.4 is 10.1 Å². The summed E-state index contributed by atoms with van der Waals surface area (Å²) in [5.41, 5.74) is 2.98. The fourth-order valence-electron chi connectivity index (χ4n) is 4.21. The third kappa shape index (κ3) is 5.88. The molecule has 8 nitrogen and oxygen atoms in total. The normalized spacial score (nSPS) is 11.7. The Morgan fingerprint density at radius 1 is 1.03 bits per heavy atom. The van der Waals surface area contributed by atoms with Crippen LogP contribution in [0.3, 0.4) is 0 Å². The number of esters is 1. The van der Waals surface area contributed by atoms with Gasteiger partial charge in [0, 0.05) is 21.7 Å². The molecule has 0 aliphatic heterocycles. The Balaban J connectivity index is 1.58. The number of aliphatic hydroxyl groups excluding tert-OH is 1. The standard InChI is InChI=1S/C29H27ClN2O6/c1-18-23(15-27(34)31-25(16-33)29(36)38-17-19-6-4-3-5-7-19)24-14-22(37-2)12-13-26(24)32(18)28(35)20-8-10-21(30)11-9-20/h3-14,25,33H,15-17H2,1-2H3,(H,31,34). The van der Waals surface area contributed by atoms with Gasteiger partial charge in [-0.2, -0.15) is 0 Å². The molecule has 196 valence electrons. The average molecular weight is 535 g/mol. The van der Waals surface area contributed by atoms with Gasteiger partial charge in [0.15, 0.2) is 6.04 Å². The van der Waals surface area contributed by atoms with E-state index in [-0.39, 0.29) is 18.9 Å². The van der Waals surface area contributed by atoms with Crippen molar-refractivity contribution < 1.29 is 29.0 Å². The summed E-state index contributed by atoms with van der Waals surface area (Å²) in [7, 11) is 1.53. The lowest BCUT2D eigenvalue weighted by Crippen LogP contribution is -2.45. The van der Waals surface area contributed by atoms with Crippen molar-refractivity contribution in [1.29, 1.82) is 0 Å². The van der Waals surface area contributed by atoms with Crippen molar-refractivity contribution in [3.8, 4) is 5.75 Å². The van der Waals surface area contributed by atoms with Gasteiger partial charge in [-0.25, -0.2) is 4.79 Å². The first-order chi connectivity index (χ1) is 18.3. The van der Waals surface area contributed by atoms with E-state index < -0.39 is 24.5 Å². The molecule has 0 saturated carbocycles. The number of ether oxygens (including phenoxy) is 2. The van der Waals surface area contributed by atoms with E-state index in [1.165, 1.54) is 11.7 Å². The molecule has 2 N–H and O–H groups in total. The van der Waals surface area contributed by atoms with E-state index in [0.717, 1.165) is 5.56 Å². The predicted molar refractivity (Wildman–Crippen MR) is 143 cm³/mol. The van der Waals surface area contributed by atoms with Crippen LogP contribution in [0.5, 0.6) is 5.75 Å². The Morgan fingerprint density at radius 3 is 2.39 bits per heavy atom. The Bertz CT molecular complexity index is 1460. The quantitative estimate of drug-likeness (QED) is 0.314. The monoisotopic (exact) mass is 534 g/mol. The Hall–Kier alpha value is -4.14. The molecule has 1 amide bonds. The fourth-order valence-corrected chi connectivity index (χ4v) is 4.34. The SMILES string of the molecule is COc1ccc2c(c1)c(CC(=O)NC(CO)C(=O)OCc1ccccc1)c(C)n2C(=O)c1ccc(Cl)cc1. The zero-order chi connectivity index (χ0) is 27.2. The number of aromatic nitrogens is 1. The van der Waals surface area contributed by atoms with E-state index in [9.17, 15) is 19.5 Å². The largest absolute Gasteiger partial charge is 0.497 e. The molecule has 1 unspecified atom stereocenters. The lowest BCUT2D eigenvalue weighted by Gasteiger charge is -2.16. The number of benzene rings is 3. The van der Waals surface area contributed by atoms with Gasteiger partial charge in [0.1, 0.15) is 12.4 Å². The van der Waals surface area contributed by atoms with Crippen molar-refractivity contribution in [2.45, 2.75) is 26.0 Å². The third-order valence-corrected chi connectivity index (χ3v) is 6.45. The van der Waals surface area contributed by atoms with Crippen LogP contribution in [0.1, 0.15) is 27.2 Å². The highest BCUT2D eigenvalue weighted by atomic mass is 35.5. The molecule has 4 rings (SSSR count). The molecular weight excluding hydrogens is 508 g/mol. The summed E-state index contributed by atoms with van der Waals surface area (Å²) in [6, 6.07) is 19.7. The highest BCUT2D eigenvalue weighted by molar-refractivity contribution is 6.30. The van der Waals surface area contributed by atoms with Gasteiger partial charge < -0.3 is 19.9 Å². The number of carbonyl (C=O) groups is 3. The lowest BCUT2D eigenvalue weighted by atomic mass is 10.1. The van der Waals surface area contributed by atoms with Gasteiger partial charge in [0.25, 0.3) is 5.91 Å². The van der Waals surface area contributed by atoms with E-state index in [2.05, 4.69) is 5.32 Å². The molecule has 38 heavy (non-hydrogen) atoms. The first-order valence-corrected chi connectivity index (χ1v) is 12.3. The number of aliphatic hydroxyl groups is 1. The third-order valence-electron chi connectivity index (χ3n) is 6.20. The number of rotatable bonds is 9. The van der Waals surface area contributed by atoms with E-state index in [1.54, 1.807) is 61.5 Å². The van der Waals surface area contributed by atoms with Gasteiger partial charge in [-0.1, -0.05) is 41.9 Å². The topological polar surface area (TPSA) is 107 Å². The summed E-state index contributed by atoms with van der Waals surface area (Å²) in [4.78, 5) is 39.0. The molecule has 3 aromatic carbocycles. The molecule has 1 aromatic heterocycles. The molecule has 0 spiro atoms. The predicted octanol–water partition coefficient (Wildman–Crippen LogP) is 4.06. The van der Waals surface area contributed by atoms with Crippen LogP contribution in [0.15, 0.2) is 72.8 Å². The number of hydrogen-bond donors (Lipinski definition) is 2. The number of nitrogens with zero attached hydrogens (tertiary/aromatic N) is 1. The molecular formula is C29H27ClN2O6. The second kappa shape index (κ2) is 11.9. The summed E-state index contributed by atoms with van der Waals surface area (Å²) in [5, 5.41) is 13.5. The van der Waals surface area contributed by atoms with Crippen molar-refractivity contribution in [2.24, 2.45) is 0 Å². The number of nitrogens with one attached hydrogen (secondary N) is 1. The maximum atomic E-state index is 13.4. The molecule has 0 aliphatic rings. The summed E-state index contributed by atoms with van der Waals surface area (Å²) in [5.74, 6) is -0.972. The van der Waals surface area contributed by atoms with Crippen LogP contribution in [0.2, 0.25) is 5.02 Å². The Kier molecular flexibility index (Phi) is 8.45. The molecule has 0 aliphatic carbocycles. The number of hydrogen-bond acceptors (Lipinski definition) is 6. The summed E-state index contributed by atoms with van der Waals surface area (Å²) in [6.45, 7) is 1.15. The number of fused-ring (bicyclic) bond motifs is 1. The van der Waals surface area contributed by atoms with E-state index in [4.69, 9.17) is 21.1 Å². The molecule has 0 saturated heterocycles. The molecule has 0 radical (unpaired) electrons. The maximum absolute atomic E-state index is 13.4. The summed E-state index contributed by atoms with van der Waals surface area (Å²) < 4.78 is 12.2. The molecule has 1 atom stereocenters. The van der Waals surface area contributed by atoms with Crippen molar-refractivity contribution >= 4 is 40.3 Å². The van der Waals surface area contributed by atoms with Crippen molar-refractivity contribution in [2.75, 3.05) is 13.7 Å². The van der Waals surface area contributed by atoms with Crippen LogP contribution in [-0.4, -0.2) is 47.2 Å². The Labute approximate surface area is 224 Å². The van der Waals surface area contributed by atoms with E-state index >= 15 is 0 Å². The number of amides is 1. The van der Waals surface area contributed by atoms with Crippen LogP contribution in [0, 0.1) is 6.92 Å². The van der Waals surface area contributed by atoms with Crippen molar-refractivity contribution in [3.63, 3.8) is 0 Å². The molecule has 0 bridgehead atoms. The highest BCUT2D eigenvalue weighted by Gasteiger charge is 2.25. The fraction of sp³-hybridized carbons (Fsp3) is 0.207. The molecule has 9 heteroatoms. The van der Waals surface area contributed by atoms with Crippen LogP contribution >= 0.6 is 11.6 Å². The lowest BCUT2D eigenvalue weighted by molar-refractivity contribution is -0.150. The molecule has 4 aromatic rings. The molecule has 1 heterocycles. The van der Waals surface area contributed by atoms with Crippen LogP contribution in [0.4, 0.5) is 0 Å². The minimum absolute atomic E-state index is 0.0191. The zero-order valence-electron chi connectivity index (χ0n) is 20.9. The van der Waals surface area contributed by atoms with E-state index in [1.807, 2.05) is 18.2 Å². The van der Waals surface area contributed by atoms with Gasteiger partial charge in [0.2, 0.25) is 5.91 Å². The average Bonchev–Trinajstić information content (AvgIpc) is 3.20.